The van der Waals surface area contributed by atoms with E-state index in [1.165, 1.54) is 16.7 Å². The average molecular weight is 217 g/mol. The van der Waals surface area contributed by atoms with Crippen LogP contribution in [0, 0.1) is 0 Å². The smallest absolute Gasteiger partial charge is 0.0562 e. The number of aryl methyl sites for hydroxylation is 1. The van der Waals surface area contributed by atoms with E-state index in [-0.39, 0.29) is 6.04 Å². The predicted molar refractivity (Wildman–Crippen MR) is 66.2 cm³/mol. The van der Waals surface area contributed by atoms with E-state index >= 15 is 0 Å². The molecule has 0 amide bonds. The highest BCUT2D eigenvalue weighted by Crippen LogP contribution is 2.24. The van der Waals surface area contributed by atoms with Crippen molar-refractivity contribution in [3.05, 3.63) is 57.8 Å². The van der Waals surface area contributed by atoms with Crippen molar-refractivity contribution in [3.8, 4) is 0 Å². The van der Waals surface area contributed by atoms with Crippen molar-refractivity contribution in [3.63, 3.8) is 0 Å². The van der Waals surface area contributed by atoms with Crippen molar-refractivity contribution < 1.29 is 0 Å². The van der Waals surface area contributed by atoms with Gasteiger partial charge >= 0.3 is 0 Å². The average Bonchev–Trinajstić information content (AvgIpc) is 2.81. The van der Waals surface area contributed by atoms with Crippen molar-refractivity contribution in [1.29, 1.82) is 0 Å². The van der Waals surface area contributed by atoms with Crippen LogP contribution in [0.2, 0.25) is 0 Å². The molecule has 0 saturated heterocycles. The summed E-state index contributed by atoms with van der Waals surface area (Å²) < 4.78 is 0. The van der Waals surface area contributed by atoms with Gasteiger partial charge in [0.05, 0.1) is 6.04 Å². The molecule has 15 heavy (non-hydrogen) atoms. The fraction of sp³-hybridized carbons (Fsp3) is 0.231. The van der Waals surface area contributed by atoms with Crippen molar-refractivity contribution in [2.75, 3.05) is 0 Å². The summed E-state index contributed by atoms with van der Waals surface area (Å²) in [4.78, 5) is 0. The van der Waals surface area contributed by atoms with E-state index in [9.17, 15) is 0 Å². The third-order valence-corrected chi connectivity index (χ3v) is 3.37. The molecule has 2 rings (SSSR count). The van der Waals surface area contributed by atoms with Crippen molar-refractivity contribution >= 4 is 11.3 Å². The van der Waals surface area contributed by atoms with Crippen LogP contribution in [-0.4, -0.2) is 0 Å². The van der Waals surface area contributed by atoms with E-state index in [2.05, 4.69) is 48.0 Å². The highest BCUT2D eigenvalue weighted by atomic mass is 32.1. The second-order valence-corrected chi connectivity index (χ2v) is 4.37. The van der Waals surface area contributed by atoms with Gasteiger partial charge < -0.3 is 5.73 Å². The maximum Gasteiger partial charge on any atom is 0.0562 e. The number of benzene rings is 1. The van der Waals surface area contributed by atoms with Crippen molar-refractivity contribution in [2.24, 2.45) is 5.73 Å². The Morgan fingerprint density at radius 1 is 1.27 bits per heavy atom. The summed E-state index contributed by atoms with van der Waals surface area (Å²) in [6, 6.07) is 10.5. The number of thiophene rings is 1. The minimum absolute atomic E-state index is 0.0207. The maximum atomic E-state index is 6.24. The molecule has 1 unspecified atom stereocenters. The minimum Gasteiger partial charge on any atom is -0.320 e. The predicted octanol–water partition coefficient (Wildman–Crippen LogP) is 3.36. The minimum atomic E-state index is 0.0207. The van der Waals surface area contributed by atoms with Gasteiger partial charge in [0, 0.05) is 0 Å². The summed E-state index contributed by atoms with van der Waals surface area (Å²) >= 11 is 1.70. The zero-order chi connectivity index (χ0) is 10.7. The lowest BCUT2D eigenvalue weighted by Gasteiger charge is -2.14. The molecule has 0 saturated carbocycles. The molecule has 2 heteroatoms. The first-order valence-corrected chi connectivity index (χ1v) is 6.12. The van der Waals surface area contributed by atoms with Gasteiger partial charge in [0.2, 0.25) is 0 Å². The molecule has 1 aromatic heterocycles. The van der Waals surface area contributed by atoms with Crippen LogP contribution in [0.15, 0.2) is 41.1 Å². The third kappa shape index (κ3) is 2.11. The summed E-state index contributed by atoms with van der Waals surface area (Å²) in [5, 5.41) is 4.20. The Morgan fingerprint density at radius 3 is 2.73 bits per heavy atom. The first kappa shape index (κ1) is 10.4. The Kier molecular flexibility index (Phi) is 3.19. The van der Waals surface area contributed by atoms with E-state index in [1.54, 1.807) is 11.3 Å². The molecule has 1 aromatic carbocycles. The van der Waals surface area contributed by atoms with Crippen LogP contribution < -0.4 is 5.73 Å². The van der Waals surface area contributed by atoms with E-state index in [0.717, 1.165) is 6.42 Å². The Labute approximate surface area is 94.6 Å². The van der Waals surface area contributed by atoms with Crippen LogP contribution in [0.25, 0.3) is 0 Å². The standard InChI is InChI=1S/C13H15NS/c1-2-10-5-3-4-6-12(10)13(14)11-7-8-15-9-11/h3-9,13H,2,14H2,1H3. The quantitative estimate of drug-likeness (QED) is 0.838. The largest absolute Gasteiger partial charge is 0.320 e. The van der Waals surface area contributed by atoms with Crippen LogP contribution in [0.4, 0.5) is 0 Å². The molecule has 1 atom stereocenters. The van der Waals surface area contributed by atoms with E-state index < -0.39 is 0 Å². The van der Waals surface area contributed by atoms with Gasteiger partial charge in [-0.1, -0.05) is 31.2 Å². The number of rotatable bonds is 3. The van der Waals surface area contributed by atoms with Crippen molar-refractivity contribution in [1.82, 2.24) is 0 Å². The van der Waals surface area contributed by atoms with E-state index in [0.29, 0.717) is 0 Å². The summed E-state index contributed by atoms with van der Waals surface area (Å²) in [5.41, 5.74) is 10.0. The summed E-state index contributed by atoms with van der Waals surface area (Å²) in [6.07, 6.45) is 1.04. The topological polar surface area (TPSA) is 26.0 Å². The van der Waals surface area contributed by atoms with E-state index in [4.69, 9.17) is 5.73 Å². The van der Waals surface area contributed by atoms with Gasteiger partial charge in [-0.2, -0.15) is 11.3 Å². The molecule has 0 fully saturated rings. The van der Waals surface area contributed by atoms with Gasteiger partial charge in [-0.3, -0.25) is 0 Å². The molecule has 0 aliphatic heterocycles. The van der Waals surface area contributed by atoms with Crippen LogP contribution in [0.3, 0.4) is 0 Å². The normalized spacial score (nSPS) is 12.7. The Morgan fingerprint density at radius 2 is 2.07 bits per heavy atom. The first-order chi connectivity index (χ1) is 7.33. The summed E-state index contributed by atoms with van der Waals surface area (Å²) in [5.74, 6) is 0. The van der Waals surface area contributed by atoms with Gasteiger partial charge in [0.1, 0.15) is 0 Å². The van der Waals surface area contributed by atoms with Gasteiger partial charge in [0.25, 0.3) is 0 Å². The lowest BCUT2D eigenvalue weighted by atomic mass is 9.96. The number of hydrogen-bond acceptors (Lipinski definition) is 2. The highest BCUT2D eigenvalue weighted by Gasteiger charge is 2.11. The highest BCUT2D eigenvalue weighted by molar-refractivity contribution is 7.08. The van der Waals surface area contributed by atoms with Gasteiger partial charge in [0.15, 0.2) is 0 Å². The molecule has 0 radical (unpaired) electrons. The Bertz CT molecular complexity index is 420. The molecule has 0 bridgehead atoms. The maximum absolute atomic E-state index is 6.24. The lowest BCUT2D eigenvalue weighted by molar-refractivity contribution is 0.854. The molecule has 2 aromatic rings. The van der Waals surface area contributed by atoms with E-state index in [1.807, 2.05) is 0 Å². The van der Waals surface area contributed by atoms with Crippen LogP contribution >= 0.6 is 11.3 Å². The van der Waals surface area contributed by atoms with Crippen LogP contribution in [-0.2, 0) is 6.42 Å². The van der Waals surface area contributed by atoms with Crippen LogP contribution in [0.1, 0.15) is 29.7 Å². The zero-order valence-electron chi connectivity index (χ0n) is 8.81. The molecule has 1 heterocycles. The third-order valence-electron chi connectivity index (χ3n) is 2.67. The molecule has 0 aliphatic carbocycles. The molecule has 1 nitrogen and oxygen atoms in total. The SMILES string of the molecule is CCc1ccccc1C(N)c1ccsc1. The molecular formula is C13H15NS. The Balaban J connectivity index is 2.37. The second-order valence-electron chi connectivity index (χ2n) is 3.59. The van der Waals surface area contributed by atoms with Crippen molar-refractivity contribution in [2.45, 2.75) is 19.4 Å². The monoisotopic (exact) mass is 217 g/mol. The molecular weight excluding hydrogens is 202 g/mol. The number of hydrogen-bond donors (Lipinski definition) is 1. The second kappa shape index (κ2) is 4.60. The number of nitrogens with two attached hydrogens (primary N) is 1. The first-order valence-electron chi connectivity index (χ1n) is 5.18. The lowest BCUT2D eigenvalue weighted by Crippen LogP contribution is -2.12. The van der Waals surface area contributed by atoms with Gasteiger partial charge in [-0.15, -0.1) is 0 Å². The fourth-order valence-electron chi connectivity index (χ4n) is 1.79. The molecule has 0 spiro atoms. The summed E-state index contributed by atoms with van der Waals surface area (Å²) in [7, 11) is 0. The summed E-state index contributed by atoms with van der Waals surface area (Å²) in [6.45, 7) is 2.17. The Hall–Kier alpha value is -1.12. The van der Waals surface area contributed by atoms with Crippen LogP contribution in [0.5, 0.6) is 0 Å². The van der Waals surface area contributed by atoms with Gasteiger partial charge in [-0.05, 0) is 39.9 Å². The molecule has 78 valence electrons. The fourth-order valence-corrected chi connectivity index (χ4v) is 2.49. The zero-order valence-corrected chi connectivity index (χ0v) is 9.63. The molecule has 0 aliphatic rings. The van der Waals surface area contributed by atoms with Gasteiger partial charge in [-0.25, -0.2) is 0 Å². The molecule has 2 N–H and O–H groups in total.